The maximum Gasteiger partial charge on any atom is 0.239 e. The van der Waals surface area contributed by atoms with Crippen LogP contribution in [0.4, 0.5) is 0 Å². The summed E-state index contributed by atoms with van der Waals surface area (Å²) in [6.45, 7) is 2.50. The highest BCUT2D eigenvalue weighted by molar-refractivity contribution is 5.83. The average Bonchev–Trinajstić information content (AvgIpc) is 2.00. The van der Waals surface area contributed by atoms with Crippen LogP contribution in [0.1, 0.15) is 32.6 Å². The van der Waals surface area contributed by atoms with Crippen molar-refractivity contribution in [2.24, 2.45) is 17.4 Å². The maximum atomic E-state index is 10.8. The Hall–Kier alpha value is -0.610. The Balaban J connectivity index is 2.04. The molecule has 0 spiro atoms. The first-order valence-electron chi connectivity index (χ1n) is 5.19. The van der Waals surface area contributed by atoms with Crippen LogP contribution in [0.3, 0.4) is 0 Å². The molecule has 0 radical (unpaired) electrons. The van der Waals surface area contributed by atoms with E-state index in [1.165, 1.54) is 19.3 Å². The van der Waals surface area contributed by atoms with Crippen LogP contribution < -0.4 is 11.5 Å². The molecule has 4 nitrogen and oxygen atoms in total. The number of nitrogens with two attached hydrogens (primary N) is 2. The molecular weight excluding hydrogens is 180 g/mol. The van der Waals surface area contributed by atoms with Crippen molar-refractivity contribution in [1.29, 1.82) is 0 Å². The van der Waals surface area contributed by atoms with Crippen LogP contribution >= 0.6 is 0 Å². The number of hydrogen-bond donors (Lipinski definition) is 2. The number of hydrogen-bond acceptors (Lipinski definition) is 3. The second-order valence-corrected chi connectivity index (χ2v) is 4.42. The third kappa shape index (κ3) is 3.27. The topological polar surface area (TPSA) is 78.3 Å². The van der Waals surface area contributed by atoms with Crippen molar-refractivity contribution in [1.82, 2.24) is 0 Å². The lowest BCUT2D eigenvalue weighted by Gasteiger charge is -2.26. The quantitative estimate of drug-likeness (QED) is 0.609. The van der Waals surface area contributed by atoms with Gasteiger partial charge in [0, 0.05) is 6.61 Å². The van der Waals surface area contributed by atoms with Crippen LogP contribution in [-0.2, 0) is 9.53 Å². The first-order chi connectivity index (χ1) is 6.52. The van der Waals surface area contributed by atoms with Gasteiger partial charge in [0.15, 0.2) is 0 Å². The molecule has 82 valence electrons. The van der Waals surface area contributed by atoms with Crippen molar-refractivity contribution >= 4 is 5.91 Å². The summed E-state index contributed by atoms with van der Waals surface area (Å²) in [5.74, 6) is 0.314. The molecule has 1 fully saturated rings. The highest BCUT2D eigenvalue weighted by Crippen LogP contribution is 2.29. The zero-order valence-electron chi connectivity index (χ0n) is 8.79. The Morgan fingerprint density at radius 1 is 1.57 bits per heavy atom. The minimum Gasteiger partial charge on any atom is -0.379 e. The summed E-state index contributed by atoms with van der Waals surface area (Å²) in [6, 6.07) is 0. The minimum absolute atomic E-state index is 0.217. The molecular formula is C10H20N2O2. The van der Waals surface area contributed by atoms with Gasteiger partial charge in [0.2, 0.25) is 5.91 Å². The van der Waals surface area contributed by atoms with Crippen LogP contribution in [0.15, 0.2) is 0 Å². The van der Waals surface area contributed by atoms with Crippen molar-refractivity contribution in [3.8, 4) is 0 Å². The SMILES string of the molecule is CC(N)(COCCC1CCC1)C(N)=O. The zero-order chi connectivity index (χ0) is 10.6. The molecule has 0 aromatic heterocycles. The van der Waals surface area contributed by atoms with Crippen LogP contribution in [-0.4, -0.2) is 24.7 Å². The summed E-state index contributed by atoms with van der Waals surface area (Å²) in [6.07, 6.45) is 5.06. The summed E-state index contributed by atoms with van der Waals surface area (Å²) in [7, 11) is 0. The standard InChI is InChI=1S/C10H20N2O2/c1-10(12,9(11)13)7-14-6-5-8-3-2-4-8/h8H,2-7,12H2,1H3,(H2,11,13). The fourth-order valence-electron chi connectivity index (χ4n) is 1.39. The van der Waals surface area contributed by atoms with E-state index >= 15 is 0 Å². The van der Waals surface area contributed by atoms with E-state index < -0.39 is 11.4 Å². The number of ether oxygens (including phenoxy) is 1. The fraction of sp³-hybridized carbons (Fsp3) is 0.900. The van der Waals surface area contributed by atoms with Gasteiger partial charge in [-0.3, -0.25) is 4.79 Å². The molecule has 0 aromatic carbocycles. The molecule has 0 aliphatic heterocycles. The number of primary amides is 1. The lowest BCUT2D eigenvalue weighted by atomic mass is 9.83. The first-order valence-corrected chi connectivity index (χ1v) is 5.19. The average molecular weight is 200 g/mol. The van der Waals surface area contributed by atoms with Gasteiger partial charge in [-0.1, -0.05) is 19.3 Å². The van der Waals surface area contributed by atoms with Gasteiger partial charge in [0.25, 0.3) is 0 Å². The monoisotopic (exact) mass is 200 g/mol. The molecule has 0 saturated heterocycles. The molecule has 0 aromatic rings. The summed E-state index contributed by atoms with van der Waals surface area (Å²) in [5.41, 5.74) is 9.70. The van der Waals surface area contributed by atoms with E-state index in [4.69, 9.17) is 16.2 Å². The van der Waals surface area contributed by atoms with E-state index in [9.17, 15) is 4.79 Å². The van der Waals surface area contributed by atoms with Gasteiger partial charge in [-0.15, -0.1) is 0 Å². The molecule has 1 atom stereocenters. The molecule has 1 unspecified atom stereocenters. The van der Waals surface area contributed by atoms with E-state index in [1.54, 1.807) is 6.92 Å². The Morgan fingerprint density at radius 2 is 2.21 bits per heavy atom. The number of carbonyl (C=O) groups is 1. The molecule has 1 rings (SSSR count). The molecule has 1 aliphatic carbocycles. The van der Waals surface area contributed by atoms with E-state index in [2.05, 4.69) is 0 Å². The molecule has 4 heteroatoms. The molecule has 4 N–H and O–H groups in total. The van der Waals surface area contributed by atoms with Gasteiger partial charge in [-0.25, -0.2) is 0 Å². The first kappa shape index (κ1) is 11.5. The van der Waals surface area contributed by atoms with Gasteiger partial charge in [-0.05, 0) is 19.3 Å². The molecule has 0 bridgehead atoms. The lowest BCUT2D eigenvalue weighted by molar-refractivity contribution is -0.124. The van der Waals surface area contributed by atoms with Crippen molar-refractivity contribution in [3.63, 3.8) is 0 Å². The molecule has 1 saturated carbocycles. The lowest BCUT2D eigenvalue weighted by Crippen LogP contribution is -2.53. The summed E-state index contributed by atoms with van der Waals surface area (Å²) in [4.78, 5) is 10.8. The van der Waals surface area contributed by atoms with Crippen molar-refractivity contribution < 1.29 is 9.53 Å². The summed E-state index contributed by atoms with van der Waals surface area (Å²) < 4.78 is 5.34. The van der Waals surface area contributed by atoms with Gasteiger partial charge in [-0.2, -0.15) is 0 Å². The number of rotatable bonds is 6. The highest BCUT2D eigenvalue weighted by atomic mass is 16.5. The predicted molar refractivity (Wildman–Crippen MR) is 54.6 cm³/mol. The van der Waals surface area contributed by atoms with Gasteiger partial charge in [0.1, 0.15) is 5.54 Å². The Morgan fingerprint density at radius 3 is 2.64 bits per heavy atom. The number of carbonyl (C=O) groups excluding carboxylic acids is 1. The zero-order valence-corrected chi connectivity index (χ0v) is 8.79. The molecule has 0 heterocycles. The highest BCUT2D eigenvalue weighted by Gasteiger charge is 2.26. The Bertz CT molecular complexity index is 200. The Labute approximate surface area is 85.0 Å². The number of amides is 1. The Kier molecular flexibility index (Phi) is 3.89. The van der Waals surface area contributed by atoms with Crippen molar-refractivity contribution in [2.45, 2.75) is 38.1 Å². The minimum atomic E-state index is -1.03. The van der Waals surface area contributed by atoms with Crippen LogP contribution in [0.5, 0.6) is 0 Å². The van der Waals surface area contributed by atoms with Gasteiger partial charge >= 0.3 is 0 Å². The molecule has 1 amide bonds. The second-order valence-electron chi connectivity index (χ2n) is 4.42. The van der Waals surface area contributed by atoms with E-state index in [1.807, 2.05) is 0 Å². The maximum absolute atomic E-state index is 10.8. The van der Waals surface area contributed by atoms with E-state index in [0.29, 0.717) is 6.61 Å². The van der Waals surface area contributed by atoms with E-state index in [0.717, 1.165) is 12.3 Å². The predicted octanol–water partition coefficient (Wildman–Crippen LogP) is 0.396. The van der Waals surface area contributed by atoms with Gasteiger partial charge in [0.05, 0.1) is 6.61 Å². The largest absolute Gasteiger partial charge is 0.379 e. The van der Waals surface area contributed by atoms with Crippen molar-refractivity contribution in [2.75, 3.05) is 13.2 Å². The molecule has 14 heavy (non-hydrogen) atoms. The third-order valence-electron chi connectivity index (χ3n) is 2.86. The van der Waals surface area contributed by atoms with Crippen LogP contribution in [0.25, 0.3) is 0 Å². The van der Waals surface area contributed by atoms with Crippen LogP contribution in [0.2, 0.25) is 0 Å². The summed E-state index contributed by atoms with van der Waals surface area (Å²) >= 11 is 0. The van der Waals surface area contributed by atoms with E-state index in [-0.39, 0.29) is 6.61 Å². The third-order valence-corrected chi connectivity index (χ3v) is 2.86. The van der Waals surface area contributed by atoms with Crippen LogP contribution in [0, 0.1) is 5.92 Å². The second kappa shape index (κ2) is 4.75. The molecule has 1 aliphatic rings. The van der Waals surface area contributed by atoms with Crippen molar-refractivity contribution in [3.05, 3.63) is 0 Å². The van der Waals surface area contributed by atoms with Gasteiger partial charge < -0.3 is 16.2 Å². The fourth-order valence-corrected chi connectivity index (χ4v) is 1.39. The normalized spacial score (nSPS) is 21.3. The summed E-state index contributed by atoms with van der Waals surface area (Å²) in [5, 5.41) is 0. The smallest absolute Gasteiger partial charge is 0.239 e.